The van der Waals surface area contributed by atoms with Gasteiger partial charge >= 0.3 is 6.09 Å². The number of aryl methyl sites for hydroxylation is 1. The van der Waals surface area contributed by atoms with Gasteiger partial charge in [0.1, 0.15) is 5.60 Å². The topological polar surface area (TPSA) is 32.8 Å². The van der Waals surface area contributed by atoms with Crippen molar-refractivity contribution in [3.63, 3.8) is 0 Å². The molecule has 0 saturated carbocycles. The quantitative estimate of drug-likeness (QED) is 0.496. The second-order valence-electron chi connectivity index (χ2n) is 9.03. The summed E-state index contributed by atoms with van der Waals surface area (Å²) in [6.07, 6.45) is 1.33. The second-order valence-corrected chi connectivity index (χ2v) is 9.03. The van der Waals surface area contributed by atoms with Crippen molar-refractivity contribution in [2.24, 2.45) is 0 Å². The first-order valence-electron chi connectivity index (χ1n) is 11.3. The highest BCUT2D eigenvalue weighted by atomic mass is 19.2. The van der Waals surface area contributed by atoms with Crippen molar-refractivity contribution in [2.75, 3.05) is 24.5 Å². The van der Waals surface area contributed by atoms with Gasteiger partial charge in [0, 0.05) is 38.2 Å². The van der Waals surface area contributed by atoms with E-state index in [1.807, 2.05) is 49.4 Å². The molecule has 2 heterocycles. The highest BCUT2D eigenvalue weighted by Crippen LogP contribution is 2.36. The van der Waals surface area contributed by atoms with Crippen LogP contribution in [0.2, 0.25) is 0 Å². The maximum Gasteiger partial charge on any atom is 0.415 e. The number of carbonyl (C=O) groups is 1. The maximum absolute atomic E-state index is 13.6. The van der Waals surface area contributed by atoms with E-state index in [2.05, 4.69) is 11.0 Å². The Hall–Kier alpha value is -3.25. The number of anilines is 1. The number of rotatable bonds is 4. The second kappa shape index (κ2) is 8.60. The number of benzene rings is 3. The molecule has 2 fully saturated rings. The number of amides is 1. The molecule has 170 valence electrons. The van der Waals surface area contributed by atoms with Gasteiger partial charge in [0.25, 0.3) is 0 Å². The first-order chi connectivity index (χ1) is 15.9. The van der Waals surface area contributed by atoms with Crippen molar-refractivity contribution in [3.8, 4) is 11.1 Å². The van der Waals surface area contributed by atoms with Crippen LogP contribution in [0.1, 0.15) is 24.0 Å². The van der Waals surface area contributed by atoms with Crippen molar-refractivity contribution in [2.45, 2.75) is 31.9 Å². The van der Waals surface area contributed by atoms with E-state index in [9.17, 15) is 13.6 Å². The van der Waals surface area contributed by atoms with E-state index >= 15 is 0 Å². The Morgan fingerprint density at radius 3 is 2.39 bits per heavy atom. The van der Waals surface area contributed by atoms with Gasteiger partial charge in [-0.2, -0.15) is 0 Å². The SMILES string of the molecule is Cc1cc(CN2CCC3(CC2)CN(c2ccccc2)C(=O)O3)ccc1-c1ccc(F)c(F)c1. The minimum absolute atomic E-state index is 0.266. The Morgan fingerprint density at radius 1 is 0.939 bits per heavy atom. The molecule has 0 bridgehead atoms. The molecule has 0 aromatic heterocycles. The van der Waals surface area contributed by atoms with E-state index in [-0.39, 0.29) is 6.09 Å². The van der Waals surface area contributed by atoms with E-state index in [0.717, 1.165) is 55.4 Å². The third kappa shape index (κ3) is 4.35. The highest BCUT2D eigenvalue weighted by molar-refractivity contribution is 5.90. The normalized spacial score (nSPS) is 18.0. The van der Waals surface area contributed by atoms with Gasteiger partial charge in [-0.3, -0.25) is 9.80 Å². The number of para-hydroxylation sites is 1. The van der Waals surface area contributed by atoms with Gasteiger partial charge in [0.05, 0.1) is 6.54 Å². The zero-order valence-corrected chi connectivity index (χ0v) is 18.6. The maximum atomic E-state index is 13.6. The zero-order chi connectivity index (χ0) is 23.0. The first-order valence-corrected chi connectivity index (χ1v) is 11.3. The van der Waals surface area contributed by atoms with Crippen LogP contribution < -0.4 is 4.90 Å². The number of carbonyl (C=O) groups excluding carboxylic acids is 1. The molecule has 3 aromatic rings. The fourth-order valence-corrected chi connectivity index (χ4v) is 4.88. The average Bonchev–Trinajstić information content (AvgIpc) is 3.14. The molecule has 6 heteroatoms. The molecular formula is C27H26F2N2O2. The van der Waals surface area contributed by atoms with E-state index in [4.69, 9.17) is 4.74 Å². The summed E-state index contributed by atoms with van der Waals surface area (Å²) >= 11 is 0. The van der Waals surface area contributed by atoms with Crippen LogP contribution in [0.4, 0.5) is 19.3 Å². The van der Waals surface area contributed by atoms with E-state index in [0.29, 0.717) is 12.1 Å². The predicted molar refractivity (Wildman–Crippen MR) is 124 cm³/mol. The summed E-state index contributed by atoms with van der Waals surface area (Å²) in [5, 5.41) is 0. The van der Waals surface area contributed by atoms with Crippen LogP contribution in [0.15, 0.2) is 66.7 Å². The molecule has 1 amide bonds. The number of piperidine rings is 1. The van der Waals surface area contributed by atoms with E-state index in [1.54, 1.807) is 11.0 Å². The van der Waals surface area contributed by atoms with Crippen LogP contribution >= 0.6 is 0 Å². The molecule has 4 nitrogen and oxygen atoms in total. The summed E-state index contributed by atoms with van der Waals surface area (Å²) in [6.45, 7) is 5.07. The third-order valence-electron chi connectivity index (χ3n) is 6.73. The third-order valence-corrected chi connectivity index (χ3v) is 6.73. The lowest BCUT2D eigenvalue weighted by atomic mass is 9.90. The average molecular weight is 449 g/mol. The van der Waals surface area contributed by atoms with Gasteiger partial charge in [-0.1, -0.05) is 42.5 Å². The van der Waals surface area contributed by atoms with Crippen molar-refractivity contribution in [1.82, 2.24) is 4.90 Å². The lowest BCUT2D eigenvalue weighted by molar-refractivity contribution is -0.000974. The molecule has 0 N–H and O–H groups in total. The van der Waals surface area contributed by atoms with Gasteiger partial charge in [-0.25, -0.2) is 13.6 Å². The lowest BCUT2D eigenvalue weighted by Crippen LogP contribution is -2.46. The van der Waals surface area contributed by atoms with Crippen LogP contribution in [0.5, 0.6) is 0 Å². The molecule has 1 spiro atoms. The van der Waals surface area contributed by atoms with Crippen LogP contribution in [-0.2, 0) is 11.3 Å². The van der Waals surface area contributed by atoms with Gasteiger partial charge in [-0.05, 0) is 53.4 Å². The van der Waals surface area contributed by atoms with Gasteiger partial charge in [0.2, 0.25) is 0 Å². The monoisotopic (exact) mass is 448 g/mol. The Bertz CT molecular complexity index is 1170. The molecule has 0 aliphatic carbocycles. The summed E-state index contributed by atoms with van der Waals surface area (Å²) in [4.78, 5) is 16.6. The number of ether oxygens (including phenoxy) is 1. The molecule has 0 radical (unpaired) electrons. The molecule has 3 aromatic carbocycles. The largest absolute Gasteiger partial charge is 0.441 e. The number of nitrogens with zero attached hydrogens (tertiary/aromatic N) is 2. The molecular weight excluding hydrogens is 422 g/mol. The summed E-state index contributed by atoms with van der Waals surface area (Å²) in [6, 6.07) is 19.8. The number of halogens is 2. The fraction of sp³-hybridized carbons (Fsp3) is 0.296. The van der Waals surface area contributed by atoms with E-state index < -0.39 is 17.2 Å². The predicted octanol–water partition coefficient (Wildman–Crippen LogP) is 5.93. The van der Waals surface area contributed by atoms with Gasteiger partial charge in [0.15, 0.2) is 11.6 Å². The highest BCUT2D eigenvalue weighted by Gasteiger charge is 2.47. The van der Waals surface area contributed by atoms with Crippen LogP contribution in [0.3, 0.4) is 0 Å². The Labute approximate surface area is 192 Å². The molecule has 33 heavy (non-hydrogen) atoms. The number of hydrogen-bond acceptors (Lipinski definition) is 3. The van der Waals surface area contributed by atoms with Crippen molar-refractivity contribution >= 4 is 11.8 Å². The molecule has 0 atom stereocenters. The van der Waals surface area contributed by atoms with Crippen LogP contribution in [0, 0.1) is 18.6 Å². The molecule has 5 rings (SSSR count). The minimum atomic E-state index is -0.837. The molecule has 2 saturated heterocycles. The van der Waals surface area contributed by atoms with Crippen molar-refractivity contribution < 1.29 is 18.3 Å². The standard InChI is InChI=1S/C27H26F2N2O2/c1-19-15-20(7-9-23(19)21-8-10-24(28)25(29)16-21)17-30-13-11-27(12-14-30)18-31(26(32)33-27)22-5-3-2-4-6-22/h2-10,15-16H,11-14,17-18H2,1H3. The van der Waals surface area contributed by atoms with Crippen LogP contribution in [-0.4, -0.2) is 36.2 Å². The minimum Gasteiger partial charge on any atom is -0.441 e. The molecule has 2 aliphatic heterocycles. The summed E-state index contributed by atoms with van der Waals surface area (Å²) < 4.78 is 32.8. The number of hydrogen-bond donors (Lipinski definition) is 0. The summed E-state index contributed by atoms with van der Waals surface area (Å²) in [7, 11) is 0. The Kier molecular flexibility index (Phi) is 5.62. The zero-order valence-electron chi connectivity index (χ0n) is 18.6. The molecule has 2 aliphatic rings. The Morgan fingerprint density at radius 2 is 1.70 bits per heavy atom. The molecule has 0 unspecified atom stereocenters. The summed E-state index contributed by atoms with van der Waals surface area (Å²) in [5.41, 5.74) is 4.21. The first kappa shape index (κ1) is 21.6. The van der Waals surface area contributed by atoms with Gasteiger partial charge < -0.3 is 4.74 Å². The lowest BCUT2D eigenvalue weighted by Gasteiger charge is -2.37. The summed E-state index contributed by atoms with van der Waals surface area (Å²) in [5.74, 6) is -1.67. The van der Waals surface area contributed by atoms with Crippen LogP contribution in [0.25, 0.3) is 11.1 Å². The number of likely N-dealkylation sites (tertiary alicyclic amines) is 1. The van der Waals surface area contributed by atoms with Gasteiger partial charge in [-0.15, -0.1) is 0 Å². The fourth-order valence-electron chi connectivity index (χ4n) is 4.88. The smallest absolute Gasteiger partial charge is 0.415 e. The van der Waals surface area contributed by atoms with E-state index in [1.165, 1.54) is 11.6 Å². The Balaban J connectivity index is 1.22. The van der Waals surface area contributed by atoms with Crippen molar-refractivity contribution in [1.29, 1.82) is 0 Å². The van der Waals surface area contributed by atoms with Crippen molar-refractivity contribution in [3.05, 3.63) is 89.5 Å².